The average Bonchev–Trinajstić information content (AvgIpc) is 2.75. The van der Waals surface area contributed by atoms with Gasteiger partial charge in [-0.05, 0) is 51.2 Å². The Labute approximate surface area is 194 Å². The summed E-state index contributed by atoms with van der Waals surface area (Å²) in [6, 6.07) is 5.65. The van der Waals surface area contributed by atoms with E-state index in [4.69, 9.17) is 4.74 Å². The van der Waals surface area contributed by atoms with E-state index in [0.29, 0.717) is 25.8 Å². The maximum Gasteiger partial charge on any atom is 0.408 e. The van der Waals surface area contributed by atoms with Gasteiger partial charge in [-0.25, -0.2) is 9.59 Å². The molecule has 182 valence electrons. The van der Waals surface area contributed by atoms with Crippen LogP contribution in [0.25, 0.3) is 0 Å². The summed E-state index contributed by atoms with van der Waals surface area (Å²) in [5.74, 6) is -1.04. The number of aliphatic hydroxyl groups excluding tert-OH is 1. The Bertz CT molecular complexity index is 860. The molecule has 1 saturated heterocycles. The number of fused-ring (bicyclic) bond motifs is 1. The Kier molecular flexibility index (Phi) is 7.97. The van der Waals surface area contributed by atoms with Gasteiger partial charge in [-0.1, -0.05) is 24.3 Å². The predicted molar refractivity (Wildman–Crippen MR) is 122 cm³/mol. The van der Waals surface area contributed by atoms with Crippen molar-refractivity contribution in [2.24, 2.45) is 0 Å². The fourth-order valence-corrected chi connectivity index (χ4v) is 4.30. The summed E-state index contributed by atoms with van der Waals surface area (Å²) < 4.78 is 5.53. The third kappa shape index (κ3) is 6.91. The number of benzene rings is 1. The topological polar surface area (TPSA) is 119 Å². The first-order chi connectivity index (χ1) is 15.5. The van der Waals surface area contributed by atoms with Crippen molar-refractivity contribution >= 4 is 18.0 Å². The summed E-state index contributed by atoms with van der Waals surface area (Å²) in [6.07, 6.45) is 0.480. The number of nitrogens with one attached hydrogen (secondary N) is 1. The summed E-state index contributed by atoms with van der Waals surface area (Å²) >= 11 is 0. The zero-order valence-electron chi connectivity index (χ0n) is 19.6. The highest BCUT2D eigenvalue weighted by atomic mass is 16.6. The molecule has 2 heterocycles. The Hall–Kier alpha value is -2.65. The van der Waals surface area contributed by atoms with Gasteiger partial charge in [0, 0.05) is 26.1 Å². The van der Waals surface area contributed by atoms with Gasteiger partial charge in [0.15, 0.2) is 0 Å². The van der Waals surface area contributed by atoms with E-state index in [-0.39, 0.29) is 19.1 Å². The number of carboxylic acid groups (broad SMARTS) is 1. The van der Waals surface area contributed by atoms with Crippen LogP contribution in [-0.4, -0.2) is 81.4 Å². The quantitative estimate of drug-likeness (QED) is 0.552. The Morgan fingerprint density at radius 2 is 1.79 bits per heavy atom. The first-order valence-corrected chi connectivity index (χ1v) is 11.5. The summed E-state index contributed by atoms with van der Waals surface area (Å²) in [6.45, 7) is 7.43. The lowest BCUT2D eigenvalue weighted by Crippen LogP contribution is -2.56. The standard InChI is InChI=1S/C24H35N3O6/c1-24(2,3)33-22(30)19(10-13-26-11-8-18(28)9-12-26)25-21(29)20-14-16-6-4-5-7-17(16)15-27(20)23(31)32/h4-7,18-20,28H,8-15H2,1-3H3,(H,25,29)(H,31,32)/t19?,20-/m0/s1. The fraction of sp³-hybridized carbons (Fsp3) is 0.625. The molecule has 9 heteroatoms. The van der Waals surface area contributed by atoms with Crippen molar-refractivity contribution in [1.82, 2.24) is 15.1 Å². The highest BCUT2D eigenvalue weighted by Gasteiger charge is 2.37. The second-order valence-corrected chi connectivity index (χ2v) is 9.86. The number of hydrogen-bond acceptors (Lipinski definition) is 6. The Balaban J connectivity index is 1.72. The SMILES string of the molecule is CC(C)(C)OC(=O)C(CCN1CCC(O)CC1)NC(=O)[C@@H]1Cc2ccccc2CN1C(=O)O. The molecule has 2 aliphatic rings. The number of esters is 1. The molecule has 2 amide bonds. The van der Waals surface area contributed by atoms with Crippen molar-refractivity contribution in [2.75, 3.05) is 19.6 Å². The van der Waals surface area contributed by atoms with Gasteiger partial charge in [-0.3, -0.25) is 9.69 Å². The van der Waals surface area contributed by atoms with Crippen LogP contribution in [0.15, 0.2) is 24.3 Å². The summed E-state index contributed by atoms with van der Waals surface area (Å²) in [7, 11) is 0. The van der Waals surface area contributed by atoms with E-state index >= 15 is 0 Å². The van der Waals surface area contributed by atoms with Crippen LogP contribution < -0.4 is 5.32 Å². The minimum Gasteiger partial charge on any atom is -0.465 e. The number of piperidine rings is 1. The van der Waals surface area contributed by atoms with Gasteiger partial charge in [-0.2, -0.15) is 0 Å². The van der Waals surface area contributed by atoms with Crippen LogP contribution in [0.5, 0.6) is 0 Å². The van der Waals surface area contributed by atoms with Gasteiger partial charge in [0.05, 0.1) is 12.6 Å². The third-order valence-electron chi connectivity index (χ3n) is 6.10. The number of ether oxygens (including phenoxy) is 1. The van der Waals surface area contributed by atoms with Crippen LogP contribution in [0.4, 0.5) is 4.79 Å². The molecular weight excluding hydrogens is 426 g/mol. The lowest BCUT2D eigenvalue weighted by molar-refractivity contribution is -0.159. The van der Waals surface area contributed by atoms with Crippen molar-refractivity contribution in [3.05, 3.63) is 35.4 Å². The number of carbonyl (C=O) groups is 3. The average molecular weight is 462 g/mol. The van der Waals surface area contributed by atoms with Crippen molar-refractivity contribution < 1.29 is 29.3 Å². The molecule has 2 atom stereocenters. The number of carbonyl (C=O) groups excluding carboxylic acids is 2. The van der Waals surface area contributed by atoms with Crippen molar-refractivity contribution in [3.8, 4) is 0 Å². The number of rotatable bonds is 6. The van der Waals surface area contributed by atoms with E-state index in [1.54, 1.807) is 20.8 Å². The molecule has 1 fully saturated rings. The zero-order chi connectivity index (χ0) is 24.2. The zero-order valence-corrected chi connectivity index (χ0v) is 19.6. The molecule has 3 rings (SSSR count). The molecule has 0 bridgehead atoms. The molecule has 3 N–H and O–H groups in total. The highest BCUT2D eigenvalue weighted by Crippen LogP contribution is 2.24. The number of amides is 2. The third-order valence-corrected chi connectivity index (χ3v) is 6.10. The molecular formula is C24H35N3O6. The lowest BCUT2D eigenvalue weighted by atomic mass is 9.93. The van der Waals surface area contributed by atoms with Gasteiger partial charge in [-0.15, -0.1) is 0 Å². The molecule has 0 aliphatic carbocycles. The predicted octanol–water partition coefficient (Wildman–Crippen LogP) is 1.76. The first kappa shape index (κ1) is 25.0. The largest absolute Gasteiger partial charge is 0.465 e. The number of nitrogens with zero attached hydrogens (tertiary/aromatic N) is 2. The first-order valence-electron chi connectivity index (χ1n) is 11.5. The van der Waals surface area contributed by atoms with Gasteiger partial charge in [0.2, 0.25) is 5.91 Å². The van der Waals surface area contributed by atoms with Crippen molar-refractivity contribution in [2.45, 2.75) is 76.8 Å². The van der Waals surface area contributed by atoms with Crippen LogP contribution in [0.3, 0.4) is 0 Å². The van der Waals surface area contributed by atoms with Crippen LogP contribution in [0.2, 0.25) is 0 Å². The molecule has 0 radical (unpaired) electrons. The number of likely N-dealkylation sites (tertiary alicyclic amines) is 1. The van der Waals surface area contributed by atoms with Gasteiger partial charge >= 0.3 is 12.1 Å². The Morgan fingerprint density at radius 3 is 2.39 bits per heavy atom. The summed E-state index contributed by atoms with van der Waals surface area (Å²) in [4.78, 5) is 41.3. The molecule has 9 nitrogen and oxygen atoms in total. The highest BCUT2D eigenvalue weighted by molar-refractivity contribution is 5.90. The van der Waals surface area contributed by atoms with Crippen molar-refractivity contribution in [3.63, 3.8) is 0 Å². The molecule has 1 aromatic carbocycles. The minimum absolute atomic E-state index is 0.122. The van der Waals surface area contributed by atoms with Gasteiger partial charge in [0.25, 0.3) is 0 Å². The van der Waals surface area contributed by atoms with E-state index in [1.807, 2.05) is 24.3 Å². The smallest absolute Gasteiger partial charge is 0.408 e. The van der Waals surface area contributed by atoms with Gasteiger partial charge in [0.1, 0.15) is 17.7 Å². The second-order valence-electron chi connectivity index (χ2n) is 9.86. The monoisotopic (exact) mass is 461 g/mol. The van der Waals surface area contributed by atoms with Crippen LogP contribution in [-0.2, 0) is 27.3 Å². The van der Waals surface area contributed by atoms with E-state index in [9.17, 15) is 24.6 Å². The number of hydrogen-bond donors (Lipinski definition) is 3. The Morgan fingerprint density at radius 1 is 1.15 bits per heavy atom. The summed E-state index contributed by atoms with van der Waals surface area (Å²) in [5, 5.41) is 22.2. The van der Waals surface area contributed by atoms with E-state index in [2.05, 4.69) is 10.2 Å². The molecule has 2 aliphatic heterocycles. The molecule has 33 heavy (non-hydrogen) atoms. The molecule has 0 saturated carbocycles. The fourth-order valence-electron chi connectivity index (χ4n) is 4.30. The van der Waals surface area contributed by atoms with Gasteiger partial charge < -0.3 is 25.2 Å². The number of aliphatic hydroxyl groups is 1. The van der Waals surface area contributed by atoms with Crippen LogP contribution in [0, 0.1) is 0 Å². The molecule has 1 unspecified atom stereocenters. The maximum absolute atomic E-state index is 13.2. The maximum atomic E-state index is 13.2. The van der Waals surface area contributed by atoms with Crippen molar-refractivity contribution in [1.29, 1.82) is 0 Å². The summed E-state index contributed by atoms with van der Waals surface area (Å²) in [5.41, 5.74) is 1.09. The molecule has 0 aromatic heterocycles. The molecule has 1 aromatic rings. The van der Waals surface area contributed by atoms with E-state index in [1.165, 1.54) is 0 Å². The molecule has 0 spiro atoms. The van der Waals surface area contributed by atoms with Crippen LogP contribution >= 0.6 is 0 Å². The lowest BCUT2D eigenvalue weighted by Gasteiger charge is -2.35. The van der Waals surface area contributed by atoms with E-state index < -0.39 is 35.7 Å². The van der Waals surface area contributed by atoms with Crippen LogP contribution in [0.1, 0.15) is 51.2 Å². The second kappa shape index (κ2) is 10.5. The van der Waals surface area contributed by atoms with E-state index in [0.717, 1.165) is 29.1 Å². The minimum atomic E-state index is -1.18. The normalized spacial score (nSPS) is 20.6.